The Kier molecular flexibility index (Phi) is 9.62. The van der Waals surface area contributed by atoms with E-state index >= 15 is 0 Å². The third-order valence-corrected chi connectivity index (χ3v) is 4.04. The molecule has 128 valence electrons. The van der Waals surface area contributed by atoms with E-state index in [1.807, 2.05) is 0 Å². The van der Waals surface area contributed by atoms with Gasteiger partial charge >= 0.3 is 5.97 Å². The van der Waals surface area contributed by atoms with E-state index in [1.165, 1.54) is 26.5 Å². The number of nitrogens with zero attached hydrogens (tertiary/aromatic N) is 2. The summed E-state index contributed by atoms with van der Waals surface area (Å²) in [6.07, 6.45) is 4.79. The van der Waals surface area contributed by atoms with Crippen molar-refractivity contribution in [2.75, 3.05) is 39.8 Å². The first-order valence-electron chi connectivity index (χ1n) is 8.54. The van der Waals surface area contributed by atoms with E-state index in [1.54, 1.807) is 0 Å². The van der Waals surface area contributed by atoms with Crippen molar-refractivity contribution in [3.8, 4) is 0 Å². The lowest BCUT2D eigenvalue weighted by Crippen LogP contribution is -2.39. The molecule has 1 unspecified atom stereocenters. The molecule has 1 aliphatic rings. The fraction of sp³-hybridized carbons (Fsp3) is 0.875. The number of rotatable bonds is 9. The standard InChI is InChI=1S/C16H32N4O2/c1-4-17-16(18-11-7-6-10-15(21)22-3)19-13-14-9-8-12-20(14)5-2/h14H,4-13H2,1-3H3,(H2,17,18,19). The van der Waals surface area contributed by atoms with Gasteiger partial charge in [0.1, 0.15) is 0 Å². The number of unbranched alkanes of at least 4 members (excludes halogenated alkanes) is 1. The summed E-state index contributed by atoms with van der Waals surface area (Å²) in [4.78, 5) is 18.2. The number of hydrogen-bond acceptors (Lipinski definition) is 4. The van der Waals surface area contributed by atoms with Gasteiger partial charge in [-0.15, -0.1) is 0 Å². The maximum atomic E-state index is 11.0. The van der Waals surface area contributed by atoms with E-state index in [-0.39, 0.29) is 5.97 Å². The Morgan fingerprint density at radius 2 is 2.14 bits per heavy atom. The van der Waals surface area contributed by atoms with Crippen molar-refractivity contribution in [1.29, 1.82) is 0 Å². The van der Waals surface area contributed by atoms with Crippen molar-refractivity contribution in [1.82, 2.24) is 15.5 Å². The summed E-state index contributed by atoms with van der Waals surface area (Å²) >= 11 is 0. The summed E-state index contributed by atoms with van der Waals surface area (Å²) in [5.74, 6) is 0.741. The molecule has 1 saturated heterocycles. The molecular formula is C16H32N4O2. The Hall–Kier alpha value is -1.30. The summed E-state index contributed by atoms with van der Waals surface area (Å²) in [7, 11) is 1.43. The number of likely N-dealkylation sites (tertiary alicyclic amines) is 1. The lowest BCUT2D eigenvalue weighted by molar-refractivity contribution is -0.140. The average molecular weight is 312 g/mol. The molecule has 0 aromatic rings. The highest BCUT2D eigenvalue weighted by Gasteiger charge is 2.22. The SMILES string of the molecule is CCNC(=NCC1CCCN1CC)NCCCCC(=O)OC. The second kappa shape index (κ2) is 11.3. The first-order valence-corrected chi connectivity index (χ1v) is 8.54. The van der Waals surface area contributed by atoms with Crippen LogP contribution in [0.2, 0.25) is 0 Å². The minimum Gasteiger partial charge on any atom is -0.469 e. The van der Waals surface area contributed by atoms with E-state index in [0.29, 0.717) is 12.5 Å². The second-order valence-electron chi connectivity index (χ2n) is 5.60. The molecule has 6 nitrogen and oxygen atoms in total. The molecular weight excluding hydrogens is 280 g/mol. The van der Waals surface area contributed by atoms with Gasteiger partial charge in [-0.25, -0.2) is 0 Å². The van der Waals surface area contributed by atoms with Crippen molar-refractivity contribution < 1.29 is 9.53 Å². The lowest BCUT2D eigenvalue weighted by Gasteiger charge is -2.21. The van der Waals surface area contributed by atoms with Crippen LogP contribution in [0.25, 0.3) is 0 Å². The number of hydrogen-bond donors (Lipinski definition) is 2. The Morgan fingerprint density at radius 1 is 1.32 bits per heavy atom. The normalized spacial score (nSPS) is 19.2. The van der Waals surface area contributed by atoms with Crippen LogP contribution in [0.1, 0.15) is 46.0 Å². The van der Waals surface area contributed by atoms with Crippen LogP contribution < -0.4 is 10.6 Å². The monoisotopic (exact) mass is 312 g/mol. The maximum absolute atomic E-state index is 11.0. The molecule has 1 fully saturated rings. The maximum Gasteiger partial charge on any atom is 0.305 e. The van der Waals surface area contributed by atoms with E-state index in [9.17, 15) is 4.79 Å². The highest BCUT2D eigenvalue weighted by atomic mass is 16.5. The largest absolute Gasteiger partial charge is 0.469 e. The summed E-state index contributed by atoms with van der Waals surface area (Å²) in [6.45, 7) is 9.13. The van der Waals surface area contributed by atoms with Gasteiger partial charge in [0, 0.05) is 25.6 Å². The molecule has 0 aromatic heterocycles. The first-order chi connectivity index (χ1) is 10.7. The van der Waals surface area contributed by atoms with E-state index in [0.717, 1.165) is 45.0 Å². The van der Waals surface area contributed by atoms with E-state index < -0.39 is 0 Å². The van der Waals surface area contributed by atoms with Gasteiger partial charge in [-0.3, -0.25) is 14.7 Å². The Balaban J connectivity index is 2.28. The molecule has 22 heavy (non-hydrogen) atoms. The number of aliphatic imine (C=N–C) groups is 1. The summed E-state index contributed by atoms with van der Waals surface area (Å²) in [5, 5.41) is 6.62. The van der Waals surface area contributed by atoms with Gasteiger partial charge in [0.15, 0.2) is 5.96 Å². The van der Waals surface area contributed by atoms with Crippen LogP contribution in [0.4, 0.5) is 0 Å². The van der Waals surface area contributed by atoms with Gasteiger partial charge < -0.3 is 15.4 Å². The zero-order valence-corrected chi connectivity index (χ0v) is 14.4. The third-order valence-electron chi connectivity index (χ3n) is 4.04. The molecule has 0 saturated carbocycles. The average Bonchev–Trinajstić information content (AvgIpc) is 2.99. The predicted octanol–water partition coefficient (Wildman–Crippen LogP) is 1.37. The van der Waals surface area contributed by atoms with Crippen LogP contribution in [-0.2, 0) is 9.53 Å². The Morgan fingerprint density at radius 3 is 2.82 bits per heavy atom. The Bertz CT molecular complexity index is 347. The topological polar surface area (TPSA) is 66.0 Å². The first kappa shape index (κ1) is 18.7. The molecule has 0 bridgehead atoms. The molecule has 1 heterocycles. The lowest BCUT2D eigenvalue weighted by atomic mass is 10.2. The predicted molar refractivity (Wildman–Crippen MR) is 90.1 cm³/mol. The fourth-order valence-electron chi connectivity index (χ4n) is 2.76. The number of likely N-dealkylation sites (N-methyl/N-ethyl adjacent to an activating group) is 1. The molecule has 0 radical (unpaired) electrons. The minimum absolute atomic E-state index is 0.138. The summed E-state index contributed by atoms with van der Waals surface area (Å²) < 4.78 is 4.63. The number of guanidine groups is 1. The van der Waals surface area contributed by atoms with Crippen molar-refractivity contribution >= 4 is 11.9 Å². The van der Waals surface area contributed by atoms with Gasteiger partial charge in [0.2, 0.25) is 0 Å². The van der Waals surface area contributed by atoms with Gasteiger partial charge in [-0.2, -0.15) is 0 Å². The van der Waals surface area contributed by atoms with Gasteiger partial charge in [-0.1, -0.05) is 6.92 Å². The zero-order chi connectivity index (χ0) is 16.2. The van der Waals surface area contributed by atoms with Crippen LogP contribution in [0.5, 0.6) is 0 Å². The zero-order valence-electron chi connectivity index (χ0n) is 14.4. The summed E-state index contributed by atoms with van der Waals surface area (Å²) in [5.41, 5.74) is 0. The number of carbonyl (C=O) groups is 1. The van der Waals surface area contributed by atoms with Crippen LogP contribution in [0, 0.1) is 0 Å². The van der Waals surface area contributed by atoms with Crippen LogP contribution in [0.15, 0.2) is 4.99 Å². The molecule has 2 N–H and O–H groups in total. The minimum atomic E-state index is -0.138. The van der Waals surface area contributed by atoms with Gasteiger partial charge in [0.25, 0.3) is 0 Å². The fourth-order valence-corrected chi connectivity index (χ4v) is 2.76. The van der Waals surface area contributed by atoms with Crippen molar-refractivity contribution in [3.05, 3.63) is 0 Å². The third kappa shape index (κ3) is 7.11. The van der Waals surface area contributed by atoms with Gasteiger partial charge in [0.05, 0.1) is 13.7 Å². The Labute approximate surface area is 134 Å². The molecule has 6 heteroatoms. The number of nitrogens with one attached hydrogen (secondary N) is 2. The number of esters is 1. The highest BCUT2D eigenvalue weighted by molar-refractivity contribution is 5.79. The molecule has 0 aliphatic carbocycles. The van der Waals surface area contributed by atoms with Crippen LogP contribution in [-0.4, -0.2) is 62.7 Å². The van der Waals surface area contributed by atoms with Crippen molar-refractivity contribution in [2.45, 2.75) is 52.0 Å². The van der Waals surface area contributed by atoms with Gasteiger partial charge in [-0.05, 0) is 45.7 Å². The molecule has 0 aromatic carbocycles. The molecule has 1 atom stereocenters. The van der Waals surface area contributed by atoms with Crippen LogP contribution in [0.3, 0.4) is 0 Å². The number of ether oxygens (including phenoxy) is 1. The van der Waals surface area contributed by atoms with Crippen molar-refractivity contribution in [3.63, 3.8) is 0 Å². The quantitative estimate of drug-likeness (QED) is 0.291. The summed E-state index contributed by atoms with van der Waals surface area (Å²) in [6, 6.07) is 0.583. The molecule has 0 amide bonds. The molecule has 1 rings (SSSR count). The van der Waals surface area contributed by atoms with E-state index in [2.05, 4.69) is 34.1 Å². The number of methoxy groups -OCH3 is 1. The smallest absolute Gasteiger partial charge is 0.305 e. The highest BCUT2D eigenvalue weighted by Crippen LogP contribution is 2.16. The molecule has 0 spiro atoms. The second-order valence-corrected chi connectivity index (χ2v) is 5.60. The number of carbonyl (C=O) groups excluding carboxylic acids is 1. The molecule has 1 aliphatic heterocycles. The van der Waals surface area contributed by atoms with Crippen LogP contribution >= 0.6 is 0 Å². The van der Waals surface area contributed by atoms with E-state index in [4.69, 9.17) is 4.99 Å². The van der Waals surface area contributed by atoms with Crippen molar-refractivity contribution in [2.24, 2.45) is 4.99 Å².